The number of nitrogens with one attached hydrogen (secondary N) is 1. The summed E-state index contributed by atoms with van der Waals surface area (Å²) in [4.78, 5) is 26.3. The molecule has 12 heteroatoms. The van der Waals surface area contributed by atoms with Crippen molar-refractivity contribution in [1.82, 2.24) is 4.90 Å². The Bertz CT molecular complexity index is 1000. The first-order valence-corrected chi connectivity index (χ1v) is 9.94. The summed E-state index contributed by atoms with van der Waals surface area (Å²) in [6.45, 7) is 1.12. The highest BCUT2D eigenvalue weighted by atomic mass is 35.5. The van der Waals surface area contributed by atoms with Crippen LogP contribution >= 0.6 is 23.2 Å². The Morgan fingerprint density at radius 3 is 2.52 bits per heavy atom. The molecule has 31 heavy (non-hydrogen) atoms. The largest absolute Gasteiger partial charge is 0.416 e. The molecule has 1 aliphatic rings. The van der Waals surface area contributed by atoms with Gasteiger partial charge in [-0.05, 0) is 30.7 Å². The molecule has 0 unspecified atom stereocenters. The smallest absolute Gasteiger partial charge is 0.364 e. The zero-order chi connectivity index (χ0) is 22.8. The fraction of sp³-hybridized carbons (Fsp3) is 0.316. The fourth-order valence-electron chi connectivity index (χ4n) is 3.27. The third-order valence-corrected chi connectivity index (χ3v) is 5.64. The molecule has 0 radical (unpaired) electrons. The molecule has 166 valence electrons. The number of alkyl halides is 3. The molecule has 1 saturated heterocycles. The molecule has 2 amide bonds. The van der Waals surface area contributed by atoms with Gasteiger partial charge in [0.25, 0.3) is 5.69 Å². The van der Waals surface area contributed by atoms with Crippen LogP contribution in [0, 0.1) is 10.1 Å². The first kappa shape index (κ1) is 23.0. The van der Waals surface area contributed by atoms with Gasteiger partial charge < -0.3 is 15.1 Å². The average molecular weight is 477 g/mol. The minimum Gasteiger partial charge on any atom is -0.364 e. The molecule has 3 rings (SSSR count). The molecule has 0 bridgehead atoms. The molecule has 0 atom stereocenters. The number of benzene rings is 2. The lowest BCUT2D eigenvalue weighted by Crippen LogP contribution is -2.38. The predicted molar refractivity (Wildman–Crippen MR) is 112 cm³/mol. The maximum Gasteiger partial charge on any atom is 0.416 e. The highest BCUT2D eigenvalue weighted by Crippen LogP contribution is 2.37. The molecule has 0 aliphatic carbocycles. The molecule has 2 aromatic carbocycles. The van der Waals surface area contributed by atoms with E-state index >= 15 is 0 Å². The molecule has 1 aliphatic heterocycles. The second-order valence-corrected chi connectivity index (χ2v) is 7.60. The number of anilines is 2. The molecule has 0 saturated carbocycles. The summed E-state index contributed by atoms with van der Waals surface area (Å²) in [5, 5.41) is 14.5. The SMILES string of the molecule is O=C(Nc1cccc(Cl)c1Cl)N1CCCN(c2ccc(C(F)(F)F)cc2[N+](=O)[O-])CC1. The topological polar surface area (TPSA) is 78.7 Å². The zero-order valence-corrected chi connectivity index (χ0v) is 17.5. The van der Waals surface area contributed by atoms with E-state index in [2.05, 4.69) is 5.32 Å². The predicted octanol–water partition coefficient (Wildman–Crippen LogP) is 5.66. The summed E-state index contributed by atoms with van der Waals surface area (Å²) in [7, 11) is 0. The van der Waals surface area contributed by atoms with E-state index in [4.69, 9.17) is 23.2 Å². The number of amides is 2. The van der Waals surface area contributed by atoms with E-state index in [0.29, 0.717) is 31.3 Å². The van der Waals surface area contributed by atoms with Gasteiger partial charge in [-0.25, -0.2) is 4.79 Å². The van der Waals surface area contributed by atoms with Crippen molar-refractivity contribution in [3.8, 4) is 0 Å². The lowest BCUT2D eigenvalue weighted by Gasteiger charge is -2.24. The number of hydrogen-bond donors (Lipinski definition) is 1. The molecule has 0 aromatic heterocycles. The molecule has 7 nitrogen and oxygen atoms in total. The Hall–Kier alpha value is -2.72. The molecular weight excluding hydrogens is 460 g/mol. The molecule has 0 spiro atoms. The van der Waals surface area contributed by atoms with Crippen molar-refractivity contribution in [2.24, 2.45) is 0 Å². The van der Waals surface area contributed by atoms with Crippen LogP contribution in [0.15, 0.2) is 36.4 Å². The van der Waals surface area contributed by atoms with Crippen LogP contribution < -0.4 is 10.2 Å². The maximum atomic E-state index is 12.9. The van der Waals surface area contributed by atoms with Crippen LogP contribution in [0.1, 0.15) is 12.0 Å². The van der Waals surface area contributed by atoms with Crippen molar-refractivity contribution in [2.45, 2.75) is 12.6 Å². The summed E-state index contributed by atoms with van der Waals surface area (Å²) in [5.41, 5.74) is -1.28. The van der Waals surface area contributed by atoms with E-state index in [1.165, 1.54) is 4.90 Å². The van der Waals surface area contributed by atoms with Crippen LogP contribution in [-0.2, 0) is 6.18 Å². The van der Waals surface area contributed by atoms with E-state index in [9.17, 15) is 28.1 Å². The van der Waals surface area contributed by atoms with E-state index in [1.54, 1.807) is 23.1 Å². The first-order chi connectivity index (χ1) is 14.6. The normalized spacial score (nSPS) is 14.9. The minimum atomic E-state index is -4.68. The average Bonchev–Trinajstić information content (AvgIpc) is 2.96. The van der Waals surface area contributed by atoms with E-state index < -0.39 is 28.4 Å². The molecule has 1 heterocycles. The quantitative estimate of drug-likeness (QED) is 0.457. The number of carbonyl (C=O) groups excluding carboxylic acids is 1. The highest BCUT2D eigenvalue weighted by Gasteiger charge is 2.34. The molecular formula is C19H17Cl2F3N4O3. The number of hydrogen-bond acceptors (Lipinski definition) is 4. The minimum absolute atomic E-state index is 0.0816. The zero-order valence-electron chi connectivity index (χ0n) is 16.0. The first-order valence-electron chi connectivity index (χ1n) is 9.18. The number of urea groups is 1. The van der Waals surface area contributed by atoms with Crippen molar-refractivity contribution < 1.29 is 22.9 Å². The van der Waals surface area contributed by atoms with Gasteiger partial charge in [0.15, 0.2) is 0 Å². The van der Waals surface area contributed by atoms with Gasteiger partial charge in [0.2, 0.25) is 0 Å². The Kier molecular flexibility index (Phi) is 6.80. The van der Waals surface area contributed by atoms with Crippen molar-refractivity contribution in [2.75, 3.05) is 36.4 Å². The Morgan fingerprint density at radius 1 is 1.10 bits per heavy atom. The van der Waals surface area contributed by atoms with E-state index in [1.807, 2.05) is 0 Å². The molecule has 1 fully saturated rings. The summed E-state index contributed by atoms with van der Waals surface area (Å²) in [6.07, 6.45) is -4.21. The number of halogens is 5. The molecule has 2 aromatic rings. The van der Waals surface area contributed by atoms with E-state index in [0.717, 1.165) is 12.1 Å². The molecule has 1 N–H and O–H groups in total. The highest BCUT2D eigenvalue weighted by molar-refractivity contribution is 6.43. The lowest BCUT2D eigenvalue weighted by atomic mass is 10.1. The summed E-state index contributed by atoms with van der Waals surface area (Å²) < 4.78 is 38.8. The van der Waals surface area contributed by atoms with Crippen LogP contribution in [0.25, 0.3) is 0 Å². The Morgan fingerprint density at radius 2 is 1.84 bits per heavy atom. The van der Waals surface area contributed by atoms with Gasteiger partial charge in [-0.3, -0.25) is 10.1 Å². The summed E-state index contributed by atoms with van der Waals surface area (Å²) in [5.74, 6) is 0. The number of carbonyl (C=O) groups is 1. The second-order valence-electron chi connectivity index (χ2n) is 6.82. The van der Waals surface area contributed by atoms with Crippen molar-refractivity contribution in [1.29, 1.82) is 0 Å². The third kappa shape index (κ3) is 5.31. The second kappa shape index (κ2) is 9.19. The number of rotatable bonds is 3. The van der Waals surface area contributed by atoms with Gasteiger partial charge in [-0.2, -0.15) is 13.2 Å². The van der Waals surface area contributed by atoms with Crippen LogP contribution in [0.5, 0.6) is 0 Å². The van der Waals surface area contributed by atoms with Crippen molar-refractivity contribution in [3.05, 3.63) is 62.1 Å². The summed E-state index contributed by atoms with van der Waals surface area (Å²) >= 11 is 12.0. The maximum absolute atomic E-state index is 12.9. The third-order valence-electron chi connectivity index (χ3n) is 4.82. The van der Waals surface area contributed by atoms with Crippen molar-refractivity contribution in [3.63, 3.8) is 0 Å². The fourth-order valence-corrected chi connectivity index (χ4v) is 3.62. The van der Waals surface area contributed by atoms with Crippen molar-refractivity contribution >= 4 is 46.3 Å². The Labute approximate surface area is 185 Å². The van der Waals surface area contributed by atoms with Crippen LogP contribution in [0.4, 0.5) is 35.0 Å². The lowest BCUT2D eigenvalue weighted by molar-refractivity contribution is -0.384. The van der Waals surface area contributed by atoms with Gasteiger partial charge in [-0.15, -0.1) is 0 Å². The van der Waals surface area contributed by atoms with Gasteiger partial charge >= 0.3 is 12.2 Å². The van der Waals surface area contributed by atoms with Crippen LogP contribution in [-0.4, -0.2) is 42.0 Å². The number of nitrogens with zero attached hydrogens (tertiary/aromatic N) is 3. The standard InChI is InChI=1S/C19H17Cl2F3N4O3/c20-13-3-1-4-14(17(13)21)25-18(29)27-8-2-7-26(9-10-27)15-6-5-12(19(22,23)24)11-16(15)28(30)31/h1,3-6,11H,2,7-10H2,(H,25,29). The van der Waals surface area contributed by atoms with Gasteiger partial charge in [-0.1, -0.05) is 29.3 Å². The number of nitro benzene ring substituents is 1. The Balaban J connectivity index is 1.74. The number of nitro groups is 1. The summed E-state index contributed by atoms with van der Waals surface area (Å²) in [6, 6.07) is 6.85. The van der Waals surface area contributed by atoms with Gasteiger partial charge in [0.1, 0.15) is 5.69 Å². The van der Waals surface area contributed by atoms with E-state index in [-0.39, 0.29) is 28.8 Å². The van der Waals surface area contributed by atoms with Crippen LogP contribution in [0.3, 0.4) is 0 Å². The van der Waals surface area contributed by atoms with Gasteiger partial charge in [0.05, 0.1) is 26.2 Å². The van der Waals surface area contributed by atoms with Gasteiger partial charge in [0, 0.05) is 32.2 Å². The monoisotopic (exact) mass is 476 g/mol. The van der Waals surface area contributed by atoms with Crippen LogP contribution in [0.2, 0.25) is 10.0 Å².